The van der Waals surface area contributed by atoms with Gasteiger partial charge < -0.3 is 20.9 Å². The largest absolute Gasteiger partial charge is 0.397 e. The summed E-state index contributed by atoms with van der Waals surface area (Å²) in [7, 11) is 0. The zero-order chi connectivity index (χ0) is 31.0. The van der Waals surface area contributed by atoms with Crippen LogP contribution in [0, 0.1) is 18.3 Å². The molecule has 5 heterocycles. The van der Waals surface area contributed by atoms with Crippen LogP contribution in [0.5, 0.6) is 0 Å². The highest BCUT2D eigenvalue weighted by Gasteiger charge is 2.31. The molecule has 0 spiro atoms. The number of aryl methyl sites for hydroxylation is 1. The number of benzene rings is 1. The first kappa shape index (κ1) is 30.6. The Balaban J connectivity index is 1.11. The van der Waals surface area contributed by atoms with Crippen LogP contribution in [0.15, 0.2) is 24.5 Å². The molecule has 0 saturated carbocycles. The molecule has 6 rings (SSSR count). The summed E-state index contributed by atoms with van der Waals surface area (Å²) in [5.41, 5.74) is 10.5. The number of nitrogens with two attached hydrogens (primary N) is 1. The van der Waals surface area contributed by atoms with E-state index >= 15 is 0 Å². The van der Waals surface area contributed by atoms with E-state index in [-0.39, 0.29) is 16.6 Å². The maximum absolute atomic E-state index is 13.0. The zero-order valence-corrected chi connectivity index (χ0v) is 25.9. The number of nitrogens with zero attached hydrogens (tertiary/aromatic N) is 6. The third-order valence-corrected chi connectivity index (χ3v) is 10.2. The normalized spacial score (nSPS) is 18.2. The molecule has 4 aromatic rings. The highest BCUT2D eigenvalue weighted by molar-refractivity contribution is 7.19. The van der Waals surface area contributed by atoms with E-state index in [1.54, 1.807) is 0 Å². The van der Waals surface area contributed by atoms with E-state index in [1.165, 1.54) is 17.5 Å². The number of hydrogen-bond donors (Lipinski definition) is 3. The van der Waals surface area contributed by atoms with Crippen molar-refractivity contribution in [1.82, 2.24) is 29.7 Å². The Hall–Kier alpha value is -3.44. The monoisotopic (exact) mass is 625 g/mol. The van der Waals surface area contributed by atoms with Crippen LogP contribution in [-0.2, 0) is 19.5 Å². The third kappa shape index (κ3) is 6.35. The smallest absolute Gasteiger partial charge is 0.393 e. The molecule has 0 aliphatic carbocycles. The minimum atomic E-state index is -4.34. The van der Waals surface area contributed by atoms with Crippen LogP contribution < -0.4 is 16.4 Å². The number of nitrogen functional groups attached to an aromatic ring is 1. The van der Waals surface area contributed by atoms with Gasteiger partial charge in [-0.05, 0) is 49.9 Å². The molecule has 0 bridgehead atoms. The highest BCUT2D eigenvalue weighted by atomic mass is 32.1. The van der Waals surface area contributed by atoms with Gasteiger partial charge in [-0.2, -0.15) is 18.4 Å². The zero-order valence-electron chi connectivity index (χ0n) is 25.0. The van der Waals surface area contributed by atoms with Gasteiger partial charge in [-0.25, -0.2) is 9.97 Å². The fourth-order valence-electron chi connectivity index (χ4n) is 6.58. The van der Waals surface area contributed by atoms with Crippen molar-refractivity contribution in [3.05, 3.63) is 46.2 Å². The molecule has 0 radical (unpaired) electrons. The Labute approximate surface area is 258 Å². The topological polar surface area (TPSA) is 111 Å². The van der Waals surface area contributed by atoms with Crippen molar-refractivity contribution in [1.29, 1.82) is 5.26 Å². The average Bonchev–Trinajstić information content (AvgIpc) is 3.52. The molecule has 2 aliphatic rings. The number of rotatable bonds is 8. The number of anilines is 2. The number of thiophene rings is 1. The first-order valence-electron chi connectivity index (χ1n) is 15.2. The molecule has 2 fully saturated rings. The van der Waals surface area contributed by atoms with Crippen LogP contribution in [0.2, 0.25) is 0 Å². The molecule has 13 heteroatoms. The van der Waals surface area contributed by atoms with Crippen molar-refractivity contribution in [2.24, 2.45) is 0 Å². The minimum absolute atomic E-state index is 0.0736. The Morgan fingerprint density at radius 1 is 1.18 bits per heavy atom. The lowest BCUT2D eigenvalue weighted by Crippen LogP contribution is -2.48. The number of nitrogens with one attached hydrogen (secondary N) is 2. The van der Waals surface area contributed by atoms with Gasteiger partial charge in [0.15, 0.2) is 0 Å². The lowest BCUT2D eigenvalue weighted by Gasteiger charge is -2.33. The van der Waals surface area contributed by atoms with Crippen molar-refractivity contribution in [3.63, 3.8) is 0 Å². The Kier molecular flexibility index (Phi) is 8.70. The number of fused-ring (bicyclic) bond motifs is 2. The SMILES string of the molecule is Cc1c(CN2CCC(Nc3ncnc4sc(CC(F)(F)F)c(N)c34)CC2)ccc2c1cc(C#N)n2C[C@H](C)N1CCNCC1. The number of halogens is 3. The molecular weight excluding hydrogens is 587 g/mol. The number of nitriles is 1. The number of likely N-dealkylation sites (tertiary alicyclic amines) is 1. The van der Waals surface area contributed by atoms with Gasteiger partial charge in [-0.1, -0.05) is 6.07 Å². The first-order chi connectivity index (χ1) is 21.1. The van der Waals surface area contributed by atoms with Crippen molar-refractivity contribution >= 4 is 44.0 Å². The summed E-state index contributed by atoms with van der Waals surface area (Å²) in [5, 5.41) is 18.4. The van der Waals surface area contributed by atoms with Crippen molar-refractivity contribution in [3.8, 4) is 6.07 Å². The molecule has 234 valence electrons. The lowest BCUT2D eigenvalue weighted by molar-refractivity contribution is -0.126. The summed E-state index contributed by atoms with van der Waals surface area (Å²) in [6, 6.07) is 9.28. The summed E-state index contributed by atoms with van der Waals surface area (Å²) >= 11 is 0.975. The first-order valence-corrected chi connectivity index (χ1v) is 16.0. The van der Waals surface area contributed by atoms with Gasteiger partial charge >= 0.3 is 6.18 Å². The van der Waals surface area contributed by atoms with E-state index in [9.17, 15) is 18.4 Å². The van der Waals surface area contributed by atoms with E-state index in [0.717, 1.165) is 87.4 Å². The average molecular weight is 626 g/mol. The number of piperidine rings is 1. The van der Waals surface area contributed by atoms with Gasteiger partial charge in [0.25, 0.3) is 0 Å². The van der Waals surface area contributed by atoms with Gasteiger partial charge in [-0.15, -0.1) is 11.3 Å². The Morgan fingerprint density at radius 3 is 2.64 bits per heavy atom. The van der Waals surface area contributed by atoms with Gasteiger partial charge in [0.05, 0.1) is 17.5 Å². The molecule has 3 aromatic heterocycles. The fraction of sp³-hybridized carbons (Fsp3) is 0.516. The number of piperazine rings is 1. The molecule has 9 nitrogen and oxygen atoms in total. The van der Waals surface area contributed by atoms with Crippen molar-refractivity contribution in [2.75, 3.05) is 50.3 Å². The maximum Gasteiger partial charge on any atom is 0.393 e. The second-order valence-corrected chi connectivity index (χ2v) is 13.1. The Morgan fingerprint density at radius 2 is 1.93 bits per heavy atom. The molecular formula is C31H38F3N9S. The van der Waals surface area contributed by atoms with Crippen LogP contribution in [0.25, 0.3) is 21.1 Å². The predicted octanol–water partition coefficient (Wildman–Crippen LogP) is 4.88. The fourth-order valence-corrected chi connectivity index (χ4v) is 7.67. The van der Waals surface area contributed by atoms with Gasteiger partial charge in [0.1, 0.15) is 28.7 Å². The molecule has 1 aromatic carbocycles. The maximum atomic E-state index is 13.0. The second kappa shape index (κ2) is 12.5. The van der Waals surface area contributed by atoms with Crippen molar-refractivity contribution in [2.45, 2.75) is 64.5 Å². The molecule has 4 N–H and O–H groups in total. The Bertz CT molecular complexity index is 1670. The molecule has 0 unspecified atom stereocenters. The van der Waals surface area contributed by atoms with E-state index in [4.69, 9.17) is 5.73 Å². The summed E-state index contributed by atoms with van der Waals surface area (Å²) in [6.07, 6.45) is -2.29. The van der Waals surface area contributed by atoms with Crippen LogP contribution >= 0.6 is 11.3 Å². The van der Waals surface area contributed by atoms with Gasteiger partial charge in [0.2, 0.25) is 0 Å². The molecule has 0 amide bonds. The van der Waals surface area contributed by atoms with Gasteiger partial charge in [-0.3, -0.25) is 9.80 Å². The number of alkyl halides is 3. The van der Waals surface area contributed by atoms with E-state index in [1.807, 2.05) is 6.07 Å². The quantitative estimate of drug-likeness (QED) is 0.254. The number of hydrogen-bond acceptors (Lipinski definition) is 9. The summed E-state index contributed by atoms with van der Waals surface area (Å²) in [4.78, 5) is 14.0. The molecule has 44 heavy (non-hydrogen) atoms. The lowest BCUT2D eigenvalue weighted by atomic mass is 10.0. The predicted molar refractivity (Wildman–Crippen MR) is 169 cm³/mol. The van der Waals surface area contributed by atoms with Crippen LogP contribution in [0.1, 0.15) is 41.5 Å². The molecule has 1 atom stereocenters. The number of aromatic nitrogens is 3. The standard InChI is InChI=1S/C31H38F3N9S/c1-19(42-11-7-37-8-12-42)16-43-23(15-35)13-24-20(2)21(3-4-25(24)43)17-41-9-5-22(6-10-41)40-29-27-28(36)26(14-31(32,33)34)44-30(27)39-18-38-29/h3-4,13,18-19,22,37H,5-12,14,16-17,36H2,1-2H3,(H,38,39,40)/t19-/m0/s1. The third-order valence-electron chi connectivity index (χ3n) is 9.09. The second-order valence-electron chi connectivity index (χ2n) is 12.0. The minimum Gasteiger partial charge on any atom is -0.397 e. The van der Waals surface area contributed by atoms with E-state index in [0.29, 0.717) is 27.8 Å². The van der Waals surface area contributed by atoms with Crippen LogP contribution in [0.4, 0.5) is 24.7 Å². The highest BCUT2D eigenvalue weighted by Crippen LogP contribution is 2.39. The molecule has 2 aliphatic heterocycles. The summed E-state index contributed by atoms with van der Waals surface area (Å²) < 4.78 is 41.3. The van der Waals surface area contributed by atoms with Crippen LogP contribution in [0.3, 0.4) is 0 Å². The van der Waals surface area contributed by atoms with Crippen molar-refractivity contribution < 1.29 is 13.2 Å². The van der Waals surface area contributed by atoms with E-state index < -0.39 is 12.6 Å². The van der Waals surface area contributed by atoms with E-state index in [2.05, 4.69) is 67.0 Å². The summed E-state index contributed by atoms with van der Waals surface area (Å²) in [5.74, 6) is 0.501. The van der Waals surface area contributed by atoms with Gasteiger partial charge in [0, 0.05) is 80.2 Å². The summed E-state index contributed by atoms with van der Waals surface area (Å²) in [6.45, 7) is 11.8. The molecule has 2 saturated heterocycles. The van der Waals surface area contributed by atoms with Crippen LogP contribution in [-0.4, -0.2) is 81.9 Å².